The van der Waals surface area contributed by atoms with Gasteiger partial charge in [0.1, 0.15) is 12.4 Å². The molecule has 2 aromatic carbocycles. The quantitative estimate of drug-likeness (QED) is 0.363. The summed E-state index contributed by atoms with van der Waals surface area (Å²) in [6, 6.07) is 14.1. The number of hydrogen-bond acceptors (Lipinski definition) is 6. The molecule has 3 aromatic rings. The van der Waals surface area contributed by atoms with E-state index >= 15 is 0 Å². The molecule has 3 rings (SSSR count). The first-order valence-electron chi connectivity index (χ1n) is 10.0. The van der Waals surface area contributed by atoms with Gasteiger partial charge < -0.3 is 30.1 Å². The van der Waals surface area contributed by atoms with Crippen LogP contribution in [-0.2, 0) is 12.4 Å². The lowest BCUT2D eigenvalue weighted by atomic mass is 9.98. The summed E-state index contributed by atoms with van der Waals surface area (Å²) < 4.78 is 5.95. The maximum atomic E-state index is 11.0. The molecule has 0 aliphatic carbocycles. The normalized spacial score (nSPS) is 13.0. The van der Waals surface area contributed by atoms with Gasteiger partial charge in [-0.1, -0.05) is 36.4 Å². The summed E-state index contributed by atoms with van der Waals surface area (Å²) in [5.41, 5.74) is 1.45. The Morgan fingerprint density at radius 2 is 1.53 bits per heavy atom. The smallest absolute Gasteiger partial charge is 0.287 e. The molecule has 0 bridgehead atoms. The number of rotatable bonds is 8. The van der Waals surface area contributed by atoms with Gasteiger partial charge in [0.15, 0.2) is 0 Å². The van der Waals surface area contributed by atoms with E-state index in [0.29, 0.717) is 16.7 Å². The number of H-pyrrole nitrogens is 1. The van der Waals surface area contributed by atoms with Crippen LogP contribution in [0.3, 0.4) is 0 Å². The van der Waals surface area contributed by atoms with Crippen molar-refractivity contribution in [1.29, 1.82) is 0 Å². The standard InChI is InChI=1S/C23H30N2O5/c1-15(2)25(16(3)4)23(28,29)22(26,27)18-13-24-19-11-8-12-20(21(18)19)30-14-17-9-6-5-7-10-17/h5-13,15-16,24,26-29H,14H2,1-4H3. The van der Waals surface area contributed by atoms with E-state index in [0.717, 1.165) is 5.56 Å². The Bertz CT molecular complexity index is 972. The second kappa shape index (κ2) is 8.37. The highest BCUT2D eigenvalue weighted by Gasteiger charge is 2.56. The summed E-state index contributed by atoms with van der Waals surface area (Å²) in [4.78, 5) is 4.20. The van der Waals surface area contributed by atoms with Crippen molar-refractivity contribution in [3.05, 3.63) is 65.9 Å². The molecular weight excluding hydrogens is 384 g/mol. The molecule has 1 aromatic heterocycles. The lowest BCUT2D eigenvalue weighted by Gasteiger charge is -2.46. The average Bonchev–Trinajstić information content (AvgIpc) is 3.11. The van der Waals surface area contributed by atoms with Crippen LogP contribution >= 0.6 is 0 Å². The zero-order valence-electron chi connectivity index (χ0n) is 17.7. The summed E-state index contributed by atoms with van der Waals surface area (Å²) in [6.45, 7) is 7.28. The van der Waals surface area contributed by atoms with E-state index in [2.05, 4.69) is 4.98 Å². The maximum absolute atomic E-state index is 11.0. The summed E-state index contributed by atoms with van der Waals surface area (Å²) >= 11 is 0. The SMILES string of the molecule is CC(C)N(C(C)C)C(O)(O)C(O)(O)c1c[nH]c2cccc(OCc3ccccc3)c12. The number of nitrogens with zero attached hydrogens (tertiary/aromatic N) is 1. The third kappa shape index (κ3) is 3.95. The highest BCUT2D eigenvalue weighted by atomic mass is 16.6. The zero-order valence-corrected chi connectivity index (χ0v) is 17.7. The molecule has 0 amide bonds. The Balaban J connectivity index is 2.05. The zero-order chi connectivity index (χ0) is 22.1. The van der Waals surface area contributed by atoms with Crippen LogP contribution in [0.25, 0.3) is 10.9 Å². The molecule has 0 saturated carbocycles. The van der Waals surface area contributed by atoms with Crippen LogP contribution in [0.1, 0.15) is 38.8 Å². The Morgan fingerprint density at radius 1 is 0.900 bits per heavy atom. The van der Waals surface area contributed by atoms with Crippen molar-refractivity contribution in [2.24, 2.45) is 0 Å². The third-order valence-electron chi connectivity index (χ3n) is 5.22. The minimum atomic E-state index is -2.99. The lowest BCUT2D eigenvalue weighted by Crippen LogP contribution is -2.66. The number of aromatic amines is 1. The highest BCUT2D eigenvalue weighted by Crippen LogP contribution is 2.40. The number of nitrogens with one attached hydrogen (secondary N) is 1. The van der Waals surface area contributed by atoms with E-state index in [1.807, 2.05) is 30.3 Å². The van der Waals surface area contributed by atoms with Crippen LogP contribution in [0.15, 0.2) is 54.7 Å². The van der Waals surface area contributed by atoms with Crippen molar-refractivity contribution >= 4 is 10.9 Å². The highest BCUT2D eigenvalue weighted by molar-refractivity contribution is 5.90. The van der Waals surface area contributed by atoms with Crippen LogP contribution in [0, 0.1) is 0 Å². The molecule has 0 aliphatic heterocycles. The lowest BCUT2D eigenvalue weighted by molar-refractivity contribution is -0.429. The van der Waals surface area contributed by atoms with Crippen LogP contribution in [0.2, 0.25) is 0 Å². The van der Waals surface area contributed by atoms with E-state index in [1.165, 1.54) is 11.1 Å². The number of aliphatic hydroxyl groups is 4. The Morgan fingerprint density at radius 3 is 2.13 bits per heavy atom. The molecule has 1 heterocycles. The van der Waals surface area contributed by atoms with Gasteiger partial charge in [-0.15, -0.1) is 0 Å². The maximum Gasteiger partial charge on any atom is 0.287 e. The first-order valence-corrected chi connectivity index (χ1v) is 10.0. The van der Waals surface area contributed by atoms with E-state index in [4.69, 9.17) is 4.74 Å². The number of fused-ring (bicyclic) bond motifs is 1. The molecule has 0 fully saturated rings. The fourth-order valence-corrected chi connectivity index (χ4v) is 3.96. The summed E-state index contributed by atoms with van der Waals surface area (Å²) in [5, 5.41) is 44.2. The van der Waals surface area contributed by atoms with Crippen molar-refractivity contribution < 1.29 is 25.2 Å². The molecular formula is C23H30N2O5. The van der Waals surface area contributed by atoms with Gasteiger partial charge in [0.2, 0.25) is 0 Å². The number of benzene rings is 2. The van der Waals surface area contributed by atoms with Gasteiger partial charge >= 0.3 is 0 Å². The van der Waals surface area contributed by atoms with Crippen molar-refractivity contribution in [3.63, 3.8) is 0 Å². The van der Waals surface area contributed by atoms with E-state index in [9.17, 15) is 20.4 Å². The first kappa shape index (κ1) is 22.3. The molecule has 5 N–H and O–H groups in total. The molecule has 162 valence electrons. The van der Waals surface area contributed by atoms with E-state index < -0.39 is 11.7 Å². The van der Waals surface area contributed by atoms with Crippen LogP contribution in [-0.4, -0.2) is 48.3 Å². The molecule has 0 saturated heterocycles. The summed E-state index contributed by atoms with van der Waals surface area (Å²) in [5.74, 6) is -5.54. The molecule has 0 atom stereocenters. The molecule has 0 unspecified atom stereocenters. The molecule has 0 aliphatic rings. The van der Waals surface area contributed by atoms with Gasteiger partial charge in [0.25, 0.3) is 11.7 Å². The largest absolute Gasteiger partial charge is 0.488 e. The summed E-state index contributed by atoms with van der Waals surface area (Å²) in [7, 11) is 0. The topological polar surface area (TPSA) is 109 Å². The molecule has 7 nitrogen and oxygen atoms in total. The van der Waals surface area contributed by atoms with Crippen molar-refractivity contribution in [2.45, 2.75) is 58.1 Å². The predicted molar refractivity (Wildman–Crippen MR) is 114 cm³/mol. The van der Waals surface area contributed by atoms with Gasteiger partial charge in [0.05, 0.1) is 5.39 Å². The second-order valence-electron chi connectivity index (χ2n) is 8.06. The predicted octanol–water partition coefficient (Wildman–Crippen LogP) is 2.64. The van der Waals surface area contributed by atoms with E-state index in [1.54, 1.807) is 45.9 Å². The van der Waals surface area contributed by atoms with Gasteiger partial charge in [-0.3, -0.25) is 0 Å². The molecule has 0 radical (unpaired) electrons. The van der Waals surface area contributed by atoms with Crippen LogP contribution in [0.5, 0.6) is 5.75 Å². The van der Waals surface area contributed by atoms with Crippen LogP contribution in [0.4, 0.5) is 0 Å². The third-order valence-corrected chi connectivity index (χ3v) is 5.22. The van der Waals surface area contributed by atoms with Gasteiger partial charge in [-0.05, 0) is 45.4 Å². The van der Waals surface area contributed by atoms with Gasteiger partial charge in [-0.2, -0.15) is 0 Å². The summed E-state index contributed by atoms with van der Waals surface area (Å²) in [6.07, 6.45) is 1.36. The van der Waals surface area contributed by atoms with Crippen molar-refractivity contribution in [2.75, 3.05) is 0 Å². The van der Waals surface area contributed by atoms with Gasteiger partial charge in [-0.25, -0.2) is 4.90 Å². The Hall–Kier alpha value is -2.42. The fraction of sp³-hybridized carbons (Fsp3) is 0.391. The minimum Gasteiger partial charge on any atom is -0.488 e. The fourth-order valence-electron chi connectivity index (χ4n) is 3.96. The molecule has 0 spiro atoms. The van der Waals surface area contributed by atoms with E-state index in [-0.39, 0.29) is 24.3 Å². The number of ether oxygens (including phenoxy) is 1. The Labute approximate surface area is 176 Å². The number of hydrogen-bond donors (Lipinski definition) is 5. The minimum absolute atomic E-state index is 0.0857. The second-order valence-corrected chi connectivity index (χ2v) is 8.06. The van der Waals surface area contributed by atoms with Crippen molar-refractivity contribution in [3.8, 4) is 5.75 Å². The van der Waals surface area contributed by atoms with Crippen LogP contribution < -0.4 is 4.74 Å². The van der Waals surface area contributed by atoms with Crippen molar-refractivity contribution in [1.82, 2.24) is 9.88 Å². The number of aromatic nitrogens is 1. The van der Waals surface area contributed by atoms with Gasteiger partial charge in [0, 0.05) is 29.4 Å². The monoisotopic (exact) mass is 414 g/mol. The first-order chi connectivity index (χ1) is 14.1. The average molecular weight is 415 g/mol. The molecule has 7 heteroatoms. The molecule has 30 heavy (non-hydrogen) atoms. The Kier molecular flexibility index (Phi) is 6.21.